The van der Waals surface area contributed by atoms with Crippen molar-refractivity contribution in [1.29, 1.82) is 0 Å². The van der Waals surface area contributed by atoms with E-state index in [2.05, 4.69) is 5.32 Å². The molecular weight excluding hydrogens is 414 g/mol. The van der Waals surface area contributed by atoms with Crippen molar-refractivity contribution < 1.29 is 21.6 Å². The number of hydrogen-bond acceptors (Lipinski definition) is 5. The first-order chi connectivity index (χ1) is 12.5. The van der Waals surface area contributed by atoms with Gasteiger partial charge in [-0.25, -0.2) is 16.8 Å². The first-order valence-corrected chi connectivity index (χ1v) is 12.3. The molecular formula is C16H24ClN3O5S2. The number of sulfonamides is 2. The number of carbonyl (C=O) groups excluding carboxylic acids is 1. The fraction of sp³-hybridized carbons (Fsp3) is 0.562. The Balaban J connectivity index is 2.31. The predicted molar refractivity (Wildman–Crippen MR) is 105 cm³/mol. The molecule has 0 aromatic heterocycles. The molecule has 0 saturated carbocycles. The second kappa shape index (κ2) is 8.44. The van der Waals surface area contributed by atoms with Gasteiger partial charge in [0.2, 0.25) is 26.0 Å². The molecule has 2 rings (SSSR count). The Morgan fingerprint density at radius 1 is 1.26 bits per heavy atom. The SMILES string of the molecule is CCN(CC)S(=O)(=O)c1ccc(Cl)c(NC(=O)C2CCCN2S(C)(=O)=O)c1. The van der Waals surface area contributed by atoms with E-state index in [0.717, 1.165) is 10.6 Å². The molecule has 1 aromatic carbocycles. The van der Waals surface area contributed by atoms with Crippen molar-refractivity contribution in [3.05, 3.63) is 23.2 Å². The van der Waals surface area contributed by atoms with Crippen LogP contribution in [-0.2, 0) is 24.8 Å². The minimum atomic E-state index is -3.71. The van der Waals surface area contributed by atoms with Gasteiger partial charge in [-0.15, -0.1) is 0 Å². The number of anilines is 1. The van der Waals surface area contributed by atoms with Crippen LogP contribution in [0.25, 0.3) is 0 Å². The van der Waals surface area contributed by atoms with E-state index in [1.165, 1.54) is 22.5 Å². The Kier molecular flexibility index (Phi) is 6.91. The summed E-state index contributed by atoms with van der Waals surface area (Å²) in [5.74, 6) is -0.530. The van der Waals surface area contributed by atoms with Crippen LogP contribution in [-0.4, -0.2) is 63.3 Å². The van der Waals surface area contributed by atoms with Crippen LogP contribution in [0.15, 0.2) is 23.1 Å². The maximum Gasteiger partial charge on any atom is 0.243 e. The first-order valence-electron chi connectivity index (χ1n) is 8.59. The summed E-state index contributed by atoms with van der Waals surface area (Å²) in [4.78, 5) is 12.6. The van der Waals surface area contributed by atoms with Gasteiger partial charge in [-0.1, -0.05) is 25.4 Å². The van der Waals surface area contributed by atoms with E-state index < -0.39 is 32.0 Å². The lowest BCUT2D eigenvalue weighted by molar-refractivity contribution is -0.119. The fourth-order valence-corrected chi connectivity index (χ4v) is 5.86. The fourth-order valence-electron chi connectivity index (χ4n) is 3.09. The molecule has 1 aliphatic rings. The van der Waals surface area contributed by atoms with Crippen molar-refractivity contribution in [2.75, 3.05) is 31.2 Å². The zero-order valence-electron chi connectivity index (χ0n) is 15.5. The van der Waals surface area contributed by atoms with E-state index in [1.807, 2.05) is 0 Å². The van der Waals surface area contributed by atoms with E-state index >= 15 is 0 Å². The van der Waals surface area contributed by atoms with Gasteiger partial charge in [0.1, 0.15) is 6.04 Å². The molecule has 8 nitrogen and oxygen atoms in total. The van der Waals surface area contributed by atoms with Crippen molar-refractivity contribution >= 4 is 43.2 Å². The highest BCUT2D eigenvalue weighted by atomic mass is 35.5. The predicted octanol–water partition coefficient (Wildman–Crippen LogP) is 1.73. The lowest BCUT2D eigenvalue weighted by atomic mass is 10.2. The molecule has 0 bridgehead atoms. The van der Waals surface area contributed by atoms with Crippen molar-refractivity contribution in [1.82, 2.24) is 8.61 Å². The molecule has 11 heteroatoms. The van der Waals surface area contributed by atoms with E-state index in [1.54, 1.807) is 13.8 Å². The normalized spacial score (nSPS) is 18.8. The minimum Gasteiger partial charge on any atom is -0.323 e. The van der Waals surface area contributed by atoms with Crippen molar-refractivity contribution in [3.8, 4) is 0 Å². The number of carbonyl (C=O) groups is 1. The molecule has 152 valence electrons. The van der Waals surface area contributed by atoms with Gasteiger partial charge in [0, 0.05) is 19.6 Å². The van der Waals surface area contributed by atoms with E-state index in [-0.39, 0.29) is 22.2 Å². The highest BCUT2D eigenvalue weighted by Gasteiger charge is 2.36. The summed E-state index contributed by atoms with van der Waals surface area (Å²) < 4.78 is 51.4. The largest absolute Gasteiger partial charge is 0.323 e. The van der Waals surface area contributed by atoms with Crippen LogP contribution in [0.5, 0.6) is 0 Å². The maximum atomic E-state index is 12.7. The molecule has 1 saturated heterocycles. The van der Waals surface area contributed by atoms with Crippen LogP contribution >= 0.6 is 11.6 Å². The molecule has 1 unspecified atom stereocenters. The molecule has 1 fully saturated rings. The van der Waals surface area contributed by atoms with Gasteiger partial charge in [0.25, 0.3) is 0 Å². The highest BCUT2D eigenvalue weighted by Crippen LogP contribution is 2.28. The number of nitrogens with zero attached hydrogens (tertiary/aromatic N) is 2. The molecule has 1 aromatic rings. The summed E-state index contributed by atoms with van der Waals surface area (Å²) in [5.41, 5.74) is 0.134. The molecule has 0 radical (unpaired) electrons. The summed E-state index contributed by atoms with van der Waals surface area (Å²) in [5, 5.41) is 2.75. The van der Waals surface area contributed by atoms with Crippen molar-refractivity contribution in [2.24, 2.45) is 0 Å². The van der Waals surface area contributed by atoms with Gasteiger partial charge in [0.15, 0.2) is 0 Å². The van der Waals surface area contributed by atoms with Crippen LogP contribution in [0.3, 0.4) is 0 Å². The van der Waals surface area contributed by atoms with Gasteiger partial charge < -0.3 is 5.32 Å². The molecule has 0 aliphatic carbocycles. The van der Waals surface area contributed by atoms with Gasteiger partial charge in [-0.3, -0.25) is 4.79 Å². The van der Waals surface area contributed by atoms with Crippen LogP contribution < -0.4 is 5.32 Å². The molecule has 1 atom stereocenters. The maximum absolute atomic E-state index is 12.7. The second-order valence-corrected chi connectivity index (χ2v) is 10.5. The Labute approximate surface area is 165 Å². The van der Waals surface area contributed by atoms with Gasteiger partial charge in [-0.05, 0) is 31.0 Å². The number of halogens is 1. The molecule has 1 aliphatic heterocycles. The number of hydrogen-bond donors (Lipinski definition) is 1. The van der Waals surface area contributed by atoms with Gasteiger partial charge in [-0.2, -0.15) is 8.61 Å². The third-order valence-corrected chi connectivity index (χ3v) is 8.14. The Morgan fingerprint density at radius 3 is 2.44 bits per heavy atom. The smallest absolute Gasteiger partial charge is 0.243 e. The Bertz CT molecular complexity index is 914. The monoisotopic (exact) mass is 437 g/mol. The number of amides is 1. The van der Waals surface area contributed by atoms with Crippen LogP contribution in [0.4, 0.5) is 5.69 Å². The van der Waals surface area contributed by atoms with E-state index in [0.29, 0.717) is 25.9 Å². The Hall–Kier alpha value is -1.20. The standard InChI is InChI=1S/C16H24ClN3O5S2/c1-4-19(5-2)27(24,25)12-8-9-13(17)14(11-12)18-16(21)15-7-6-10-20(15)26(3,22)23/h8-9,11,15H,4-7,10H2,1-3H3,(H,18,21). The molecule has 1 N–H and O–H groups in total. The zero-order chi connectivity index (χ0) is 20.4. The number of nitrogens with one attached hydrogen (secondary N) is 1. The average molecular weight is 438 g/mol. The van der Waals surface area contributed by atoms with E-state index in [4.69, 9.17) is 11.6 Å². The van der Waals surface area contributed by atoms with Crippen molar-refractivity contribution in [2.45, 2.75) is 37.6 Å². The Morgan fingerprint density at radius 2 is 1.89 bits per heavy atom. The van der Waals surface area contributed by atoms with E-state index in [9.17, 15) is 21.6 Å². The molecule has 1 amide bonds. The third-order valence-electron chi connectivity index (χ3n) is 4.47. The first kappa shape index (κ1) is 22.1. The summed E-state index contributed by atoms with van der Waals surface area (Å²) in [6.07, 6.45) is 2.03. The average Bonchev–Trinajstić information content (AvgIpc) is 3.07. The third kappa shape index (κ3) is 4.80. The second-order valence-electron chi connectivity index (χ2n) is 6.25. The van der Waals surface area contributed by atoms with Gasteiger partial charge in [0.05, 0.1) is 21.9 Å². The molecule has 1 heterocycles. The highest BCUT2D eigenvalue weighted by molar-refractivity contribution is 7.89. The summed E-state index contributed by atoms with van der Waals surface area (Å²) >= 11 is 6.12. The number of benzene rings is 1. The quantitative estimate of drug-likeness (QED) is 0.699. The lowest BCUT2D eigenvalue weighted by Gasteiger charge is -2.22. The van der Waals surface area contributed by atoms with Crippen LogP contribution in [0, 0.1) is 0 Å². The molecule has 0 spiro atoms. The number of rotatable bonds is 7. The zero-order valence-corrected chi connectivity index (χ0v) is 17.9. The minimum absolute atomic E-state index is 0.0114. The summed E-state index contributed by atoms with van der Waals surface area (Å²) in [6, 6.07) is 3.24. The topological polar surface area (TPSA) is 104 Å². The summed E-state index contributed by atoms with van der Waals surface area (Å²) in [6.45, 7) is 4.38. The summed E-state index contributed by atoms with van der Waals surface area (Å²) in [7, 11) is -7.22. The molecule has 27 heavy (non-hydrogen) atoms. The van der Waals surface area contributed by atoms with Gasteiger partial charge >= 0.3 is 0 Å². The van der Waals surface area contributed by atoms with Crippen LogP contribution in [0.1, 0.15) is 26.7 Å². The van der Waals surface area contributed by atoms with Crippen molar-refractivity contribution in [3.63, 3.8) is 0 Å². The lowest BCUT2D eigenvalue weighted by Crippen LogP contribution is -2.42. The van der Waals surface area contributed by atoms with Crippen LogP contribution in [0.2, 0.25) is 5.02 Å².